The monoisotopic (exact) mass is 332 g/mol. The van der Waals surface area contributed by atoms with Crippen LogP contribution in [0.3, 0.4) is 0 Å². The summed E-state index contributed by atoms with van der Waals surface area (Å²) in [5, 5.41) is 0. The number of methoxy groups -OCH3 is 1. The Labute approximate surface area is 145 Å². The van der Waals surface area contributed by atoms with E-state index in [2.05, 4.69) is 9.97 Å². The highest BCUT2D eigenvalue weighted by molar-refractivity contribution is 5.91. The molecule has 0 aliphatic heterocycles. The molecule has 3 aromatic rings. The Morgan fingerprint density at radius 2 is 1.80 bits per heavy atom. The summed E-state index contributed by atoms with van der Waals surface area (Å²) in [7, 11) is 1.53. The first-order valence-electron chi connectivity index (χ1n) is 7.65. The zero-order valence-electron chi connectivity index (χ0n) is 13.6. The van der Waals surface area contributed by atoms with Crippen molar-refractivity contribution in [1.29, 1.82) is 0 Å². The van der Waals surface area contributed by atoms with Crippen molar-refractivity contribution in [2.24, 2.45) is 0 Å². The van der Waals surface area contributed by atoms with Crippen LogP contribution in [-0.4, -0.2) is 23.0 Å². The molecule has 124 valence electrons. The van der Waals surface area contributed by atoms with Gasteiger partial charge in [-0.2, -0.15) is 0 Å². The molecule has 0 saturated heterocycles. The van der Waals surface area contributed by atoms with E-state index in [1.54, 1.807) is 42.9 Å². The molecule has 0 aliphatic carbocycles. The number of carbonyl (C=O) groups is 1. The van der Waals surface area contributed by atoms with Gasteiger partial charge in [0.2, 0.25) is 0 Å². The fourth-order valence-electron chi connectivity index (χ4n) is 2.18. The molecule has 0 saturated carbocycles. The van der Waals surface area contributed by atoms with Crippen molar-refractivity contribution < 1.29 is 14.3 Å². The summed E-state index contributed by atoms with van der Waals surface area (Å²) in [5.74, 6) is 0.377. The third-order valence-electron chi connectivity index (χ3n) is 3.44. The molecule has 0 radical (unpaired) electrons. The zero-order chi connectivity index (χ0) is 17.5. The van der Waals surface area contributed by atoms with Crippen LogP contribution in [-0.2, 0) is 0 Å². The van der Waals surface area contributed by atoms with Crippen LogP contribution in [0, 0.1) is 0 Å². The van der Waals surface area contributed by atoms with Gasteiger partial charge in [-0.1, -0.05) is 18.2 Å². The number of hydrogen-bond donors (Lipinski definition) is 0. The van der Waals surface area contributed by atoms with Crippen molar-refractivity contribution in [2.45, 2.75) is 0 Å². The van der Waals surface area contributed by atoms with Crippen LogP contribution in [0.25, 0.3) is 12.2 Å². The topological polar surface area (TPSA) is 61.3 Å². The molecule has 5 nitrogen and oxygen atoms in total. The average molecular weight is 332 g/mol. The summed E-state index contributed by atoms with van der Waals surface area (Å²) in [6, 6.07) is 14.2. The molecule has 2 heterocycles. The number of carbonyl (C=O) groups excluding carboxylic acids is 1. The van der Waals surface area contributed by atoms with Crippen LogP contribution in [0.1, 0.15) is 21.6 Å². The molecule has 1 aromatic carbocycles. The molecule has 0 spiro atoms. The predicted molar refractivity (Wildman–Crippen MR) is 95.4 cm³/mol. The minimum atomic E-state index is -0.461. The summed E-state index contributed by atoms with van der Waals surface area (Å²) in [6.07, 6.45) is 8.64. The second kappa shape index (κ2) is 7.88. The highest BCUT2D eigenvalue weighted by atomic mass is 16.6. The van der Waals surface area contributed by atoms with Crippen molar-refractivity contribution in [3.63, 3.8) is 0 Å². The molecule has 0 bridgehead atoms. The molecule has 3 rings (SSSR count). The Hall–Kier alpha value is -3.47. The molecule has 25 heavy (non-hydrogen) atoms. The van der Waals surface area contributed by atoms with E-state index in [1.807, 2.05) is 36.4 Å². The van der Waals surface area contributed by atoms with E-state index in [9.17, 15) is 4.79 Å². The van der Waals surface area contributed by atoms with Crippen molar-refractivity contribution in [2.75, 3.05) is 7.11 Å². The van der Waals surface area contributed by atoms with E-state index in [-0.39, 0.29) is 0 Å². The van der Waals surface area contributed by atoms with Gasteiger partial charge in [-0.15, -0.1) is 0 Å². The van der Waals surface area contributed by atoms with Gasteiger partial charge in [0.1, 0.15) is 0 Å². The lowest BCUT2D eigenvalue weighted by Gasteiger charge is -2.10. The summed E-state index contributed by atoms with van der Waals surface area (Å²) >= 11 is 0. The number of hydrogen-bond acceptors (Lipinski definition) is 5. The van der Waals surface area contributed by atoms with Gasteiger partial charge in [-0.25, -0.2) is 4.79 Å². The van der Waals surface area contributed by atoms with Gasteiger partial charge in [0.05, 0.1) is 18.4 Å². The van der Waals surface area contributed by atoms with Crippen LogP contribution in [0.15, 0.2) is 67.1 Å². The van der Waals surface area contributed by atoms with Gasteiger partial charge in [-0.05, 0) is 48.0 Å². The SMILES string of the molecule is COc1cc(/C=C/c2ccccn2)ccc1OC(=O)c1ccncc1. The maximum Gasteiger partial charge on any atom is 0.343 e. The molecular weight excluding hydrogens is 316 g/mol. The summed E-state index contributed by atoms with van der Waals surface area (Å²) in [4.78, 5) is 20.3. The fourth-order valence-corrected chi connectivity index (χ4v) is 2.18. The lowest BCUT2D eigenvalue weighted by atomic mass is 10.1. The number of nitrogens with zero attached hydrogens (tertiary/aromatic N) is 2. The van der Waals surface area contributed by atoms with E-state index in [0.717, 1.165) is 11.3 Å². The third-order valence-corrected chi connectivity index (χ3v) is 3.44. The van der Waals surface area contributed by atoms with E-state index in [1.165, 1.54) is 7.11 Å². The molecule has 0 N–H and O–H groups in total. The third kappa shape index (κ3) is 4.29. The van der Waals surface area contributed by atoms with Crippen LogP contribution in [0.2, 0.25) is 0 Å². The number of aromatic nitrogens is 2. The molecule has 0 aliphatic rings. The Morgan fingerprint density at radius 1 is 0.960 bits per heavy atom. The second-order valence-corrected chi connectivity index (χ2v) is 5.12. The predicted octanol–water partition coefficient (Wildman–Crippen LogP) is 3.87. The molecule has 0 atom stereocenters. The molecule has 5 heteroatoms. The molecule has 0 unspecified atom stereocenters. The van der Waals surface area contributed by atoms with Crippen molar-refractivity contribution in [3.05, 3.63) is 83.9 Å². The Bertz CT molecular complexity index is 878. The lowest BCUT2D eigenvalue weighted by Crippen LogP contribution is -2.09. The molecular formula is C20H16N2O3. The van der Waals surface area contributed by atoms with Crippen molar-refractivity contribution >= 4 is 18.1 Å². The highest BCUT2D eigenvalue weighted by Gasteiger charge is 2.12. The highest BCUT2D eigenvalue weighted by Crippen LogP contribution is 2.29. The second-order valence-electron chi connectivity index (χ2n) is 5.12. The molecule has 2 aromatic heterocycles. The van der Waals surface area contributed by atoms with Crippen LogP contribution in [0.4, 0.5) is 0 Å². The number of rotatable bonds is 5. The van der Waals surface area contributed by atoms with Crippen LogP contribution in [0.5, 0.6) is 11.5 Å². The van der Waals surface area contributed by atoms with Crippen molar-refractivity contribution in [3.8, 4) is 11.5 Å². The van der Waals surface area contributed by atoms with Crippen LogP contribution < -0.4 is 9.47 Å². The summed E-state index contributed by atoms with van der Waals surface area (Å²) in [6.45, 7) is 0. The number of benzene rings is 1. The van der Waals surface area contributed by atoms with Crippen molar-refractivity contribution in [1.82, 2.24) is 9.97 Å². The standard InChI is InChI=1S/C20H16N2O3/c1-24-19-14-15(5-7-17-4-2-3-11-22-17)6-8-18(19)25-20(23)16-9-12-21-13-10-16/h2-14H,1H3/b7-5+. The Kier molecular flexibility index (Phi) is 5.16. The maximum absolute atomic E-state index is 12.2. The first kappa shape index (κ1) is 16.4. The molecule has 0 amide bonds. The Morgan fingerprint density at radius 3 is 2.52 bits per heavy atom. The quantitative estimate of drug-likeness (QED) is 0.524. The number of pyridine rings is 2. The van der Waals surface area contributed by atoms with E-state index in [4.69, 9.17) is 9.47 Å². The Balaban J connectivity index is 1.78. The maximum atomic E-state index is 12.2. The minimum absolute atomic E-state index is 0.360. The van der Waals surface area contributed by atoms with Crippen LogP contribution >= 0.6 is 0 Å². The van der Waals surface area contributed by atoms with E-state index < -0.39 is 5.97 Å². The largest absolute Gasteiger partial charge is 0.493 e. The average Bonchev–Trinajstić information content (AvgIpc) is 2.68. The van der Waals surface area contributed by atoms with Gasteiger partial charge in [0.15, 0.2) is 11.5 Å². The van der Waals surface area contributed by atoms with Gasteiger partial charge < -0.3 is 9.47 Å². The smallest absolute Gasteiger partial charge is 0.343 e. The summed E-state index contributed by atoms with van der Waals surface area (Å²) in [5.41, 5.74) is 2.19. The first-order valence-corrected chi connectivity index (χ1v) is 7.65. The number of esters is 1. The zero-order valence-corrected chi connectivity index (χ0v) is 13.6. The van der Waals surface area contributed by atoms with Gasteiger partial charge >= 0.3 is 5.97 Å². The molecule has 0 fully saturated rings. The normalized spacial score (nSPS) is 10.6. The first-order chi connectivity index (χ1) is 12.3. The van der Waals surface area contributed by atoms with E-state index in [0.29, 0.717) is 17.1 Å². The van der Waals surface area contributed by atoms with Gasteiger partial charge in [-0.3, -0.25) is 9.97 Å². The number of ether oxygens (including phenoxy) is 2. The van der Waals surface area contributed by atoms with E-state index >= 15 is 0 Å². The fraction of sp³-hybridized carbons (Fsp3) is 0.0500. The van der Waals surface area contributed by atoms with Gasteiger partial charge in [0.25, 0.3) is 0 Å². The summed E-state index contributed by atoms with van der Waals surface area (Å²) < 4.78 is 10.7. The van der Waals surface area contributed by atoms with Gasteiger partial charge in [0, 0.05) is 18.6 Å². The lowest BCUT2D eigenvalue weighted by molar-refractivity contribution is 0.0729. The minimum Gasteiger partial charge on any atom is -0.493 e.